The van der Waals surface area contributed by atoms with E-state index in [2.05, 4.69) is 17.0 Å². The van der Waals surface area contributed by atoms with Gasteiger partial charge < -0.3 is 15.4 Å². The summed E-state index contributed by atoms with van der Waals surface area (Å²) in [5, 5.41) is 12.7. The standard InChI is InChI=1S/C11H8N2O3/c12-11-8-6-7(2-1-3-10(14)15)4-5-9(8)16-13-11/h4-6H,3H2,(H2,12,13)(H,14,15). The highest BCUT2D eigenvalue weighted by molar-refractivity contribution is 5.88. The molecule has 2 rings (SSSR count). The van der Waals surface area contributed by atoms with Gasteiger partial charge in [0.1, 0.15) is 6.42 Å². The maximum absolute atomic E-state index is 10.3. The molecule has 2 aromatic rings. The molecule has 1 aromatic carbocycles. The van der Waals surface area contributed by atoms with Crippen molar-refractivity contribution in [3.05, 3.63) is 23.8 Å². The second-order valence-corrected chi connectivity index (χ2v) is 3.15. The molecule has 1 heterocycles. The molecule has 0 aliphatic heterocycles. The van der Waals surface area contributed by atoms with E-state index in [-0.39, 0.29) is 6.42 Å². The van der Waals surface area contributed by atoms with Gasteiger partial charge in [-0.15, -0.1) is 0 Å². The van der Waals surface area contributed by atoms with Crippen molar-refractivity contribution in [1.29, 1.82) is 0 Å². The lowest BCUT2D eigenvalue weighted by atomic mass is 10.1. The minimum absolute atomic E-state index is 0.183. The molecular weight excluding hydrogens is 208 g/mol. The van der Waals surface area contributed by atoms with Crippen LogP contribution < -0.4 is 5.73 Å². The summed E-state index contributed by atoms with van der Waals surface area (Å²) in [7, 11) is 0. The number of nitrogens with two attached hydrogens (primary N) is 1. The SMILES string of the molecule is Nc1noc2ccc(C#CCC(=O)O)cc12. The van der Waals surface area contributed by atoms with Gasteiger partial charge in [-0.3, -0.25) is 4.79 Å². The Kier molecular flexibility index (Phi) is 2.48. The van der Waals surface area contributed by atoms with Crippen molar-refractivity contribution in [2.45, 2.75) is 6.42 Å². The Labute approximate surface area is 90.8 Å². The average Bonchev–Trinajstić information content (AvgIpc) is 2.60. The lowest BCUT2D eigenvalue weighted by Gasteiger charge is -1.90. The summed E-state index contributed by atoms with van der Waals surface area (Å²) in [6.45, 7) is 0. The van der Waals surface area contributed by atoms with Gasteiger partial charge in [0.25, 0.3) is 0 Å². The zero-order chi connectivity index (χ0) is 11.5. The number of benzene rings is 1. The van der Waals surface area contributed by atoms with Crippen molar-refractivity contribution in [2.75, 3.05) is 5.73 Å². The third-order valence-corrected chi connectivity index (χ3v) is 1.97. The maximum Gasteiger partial charge on any atom is 0.315 e. The van der Waals surface area contributed by atoms with Crippen molar-refractivity contribution in [2.24, 2.45) is 0 Å². The number of aromatic nitrogens is 1. The molecule has 0 saturated heterocycles. The van der Waals surface area contributed by atoms with Gasteiger partial charge in [0.05, 0.1) is 5.39 Å². The van der Waals surface area contributed by atoms with Crippen LogP contribution in [-0.2, 0) is 4.79 Å². The predicted octanol–water partition coefficient (Wildman–Crippen LogP) is 1.24. The molecule has 0 unspecified atom stereocenters. The molecule has 1 aromatic heterocycles. The number of carboxylic acids is 1. The third-order valence-electron chi connectivity index (χ3n) is 1.97. The molecular formula is C11H8N2O3. The van der Waals surface area contributed by atoms with Crippen LogP contribution in [0, 0.1) is 11.8 Å². The first-order chi connectivity index (χ1) is 7.66. The van der Waals surface area contributed by atoms with E-state index < -0.39 is 5.97 Å². The summed E-state index contributed by atoms with van der Waals surface area (Å²) < 4.78 is 4.93. The Morgan fingerprint density at radius 3 is 3.12 bits per heavy atom. The fraction of sp³-hybridized carbons (Fsp3) is 0.0909. The summed E-state index contributed by atoms with van der Waals surface area (Å²) in [4.78, 5) is 10.3. The molecule has 5 heteroatoms. The van der Waals surface area contributed by atoms with Gasteiger partial charge in [0.15, 0.2) is 11.4 Å². The Morgan fingerprint density at radius 2 is 2.38 bits per heavy atom. The molecule has 0 spiro atoms. The lowest BCUT2D eigenvalue weighted by Crippen LogP contribution is -1.90. The van der Waals surface area contributed by atoms with Gasteiger partial charge in [-0.2, -0.15) is 0 Å². The summed E-state index contributed by atoms with van der Waals surface area (Å²) >= 11 is 0. The highest BCUT2D eigenvalue weighted by Crippen LogP contribution is 2.20. The van der Waals surface area contributed by atoms with Crippen LogP contribution in [0.4, 0.5) is 5.82 Å². The highest BCUT2D eigenvalue weighted by Gasteiger charge is 2.04. The van der Waals surface area contributed by atoms with E-state index in [9.17, 15) is 4.79 Å². The predicted molar refractivity (Wildman–Crippen MR) is 57.6 cm³/mol. The highest BCUT2D eigenvalue weighted by atomic mass is 16.5. The summed E-state index contributed by atoms with van der Waals surface area (Å²) in [5.74, 6) is 4.62. The van der Waals surface area contributed by atoms with E-state index in [0.717, 1.165) is 0 Å². The van der Waals surface area contributed by atoms with Gasteiger partial charge in [-0.05, 0) is 18.2 Å². The van der Waals surface area contributed by atoms with Crippen molar-refractivity contribution in [3.8, 4) is 11.8 Å². The molecule has 0 aliphatic rings. The van der Waals surface area contributed by atoms with Crippen LogP contribution in [0.15, 0.2) is 22.7 Å². The van der Waals surface area contributed by atoms with Crippen LogP contribution in [0.3, 0.4) is 0 Å². The minimum atomic E-state index is -0.946. The first kappa shape index (κ1) is 10.1. The third kappa shape index (κ3) is 1.96. The van der Waals surface area contributed by atoms with Gasteiger partial charge in [0.2, 0.25) is 0 Å². The number of fused-ring (bicyclic) bond motifs is 1. The van der Waals surface area contributed by atoms with Crippen molar-refractivity contribution in [3.63, 3.8) is 0 Å². The first-order valence-electron chi connectivity index (χ1n) is 4.52. The van der Waals surface area contributed by atoms with E-state index in [0.29, 0.717) is 22.4 Å². The number of carboxylic acid groups (broad SMARTS) is 1. The first-order valence-corrected chi connectivity index (χ1v) is 4.52. The second-order valence-electron chi connectivity index (χ2n) is 3.15. The number of carbonyl (C=O) groups is 1. The number of hydrogen-bond donors (Lipinski definition) is 2. The van der Waals surface area contributed by atoms with Crippen molar-refractivity contribution in [1.82, 2.24) is 5.16 Å². The van der Waals surface area contributed by atoms with Crippen molar-refractivity contribution >= 4 is 22.8 Å². The van der Waals surface area contributed by atoms with E-state index in [4.69, 9.17) is 15.4 Å². The fourth-order valence-corrected chi connectivity index (χ4v) is 1.26. The molecule has 0 amide bonds. The average molecular weight is 216 g/mol. The molecule has 0 atom stereocenters. The van der Waals surface area contributed by atoms with Crippen LogP contribution in [0.5, 0.6) is 0 Å². The van der Waals surface area contributed by atoms with Gasteiger partial charge >= 0.3 is 5.97 Å². The summed E-state index contributed by atoms with van der Waals surface area (Å²) in [6, 6.07) is 5.14. The lowest BCUT2D eigenvalue weighted by molar-refractivity contribution is -0.135. The van der Waals surface area contributed by atoms with Crippen LogP contribution in [-0.4, -0.2) is 16.2 Å². The Morgan fingerprint density at radius 1 is 1.56 bits per heavy atom. The molecule has 0 bridgehead atoms. The maximum atomic E-state index is 10.3. The minimum Gasteiger partial charge on any atom is -0.481 e. The molecule has 5 nitrogen and oxygen atoms in total. The molecule has 3 N–H and O–H groups in total. The Bertz CT molecular complexity index is 604. The Balaban J connectivity index is 2.34. The normalized spacial score (nSPS) is 9.75. The number of nitrogen functional groups attached to an aromatic ring is 1. The van der Waals surface area contributed by atoms with E-state index in [1.165, 1.54) is 0 Å². The number of rotatable bonds is 1. The zero-order valence-electron chi connectivity index (χ0n) is 8.23. The molecule has 0 saturated carbocycles. The Hall–Kier alpha value is -2.48. The number of nitrogens with zero attached hydrogens (tertiary/aromatic N) is 1. The number of anilines is 1. The van der Waals surface area contributed by atoms with Gasteiger partial charge in [-0.1, -0.05) is 17.0 Å². The smallest absolute Gasteiger partial charge is 0.315 e. The van der Waals surface area contributed by atoms with Gasteiger partial charge in [0, 0.05) is 5.56 Å². The molecule has 0 radical (unpaired) electrons. The zero-order valence-corrected chi connectivity index (χ0v) is 8.23. The van der Waals surface area contributed by atoms with Gasteiger partial charge in [-0.25, -0.2) is 0 Å². The second kappa shape index (κ2) is 3.95. The summed E-state index contributed by atoms with van der Waals surface area (Å²) in [6.07, 6.45) is -0.183. The largest absolute Gasteiger partial charge is 0.481 e. The van der Waals surface area contributed by atoms with E-state index >= 15 is 0 Å². The number of aliphatic carboxylic acids is 1. The molecule has 80 valence electrons. The topological polar surface area (TPSA) is 89.4 Å². The van der Waals surface area contributed by atoms with Crippen LogP contribution in [0.1, 0.15) is 12.0 Å². The fourth-order valence-electron chi connectivity index (χ4n) is 1.26. The molecule has 16 heavy (non-hydrogen) atoms. The monoisotopic (exact) mass is 216 g/mol. The molecule has 0 aliphatic carbocycles. The molecule has 0 fully saturated rings. The van der Waals surface area contributed by atoms with E-state index in [1.54, 1.807) is 18.2 Å². The van der Waals surface area contributed by atoms with E-state index in [1.807, 2.05) is 0 Å². The van der Waals surface area contributed by atoms with Crippen LogP contribution in [0.2, 0.25) is 0 Å². The van der Waals surface area contributed by atoms with Crippen LogP contribution in [0.25, 0.3) is 11.0 Å². The quantitative estimate of drug-likeness (QED) is 0.700. The van der Waals surface area contributed by atoms with Crippen molar-refractivity contribution < 1.29 is 14.4 Å². The van der Waals surface area contributed by atoms with Crippen LogP contribution >= 0.6 is 0 Å². The summed E-state index contributed by atoms with van der Waals surface area (Å²) in [5.41, 5.74) is 6.84. The number of hydrogen-bond acceptors (Lipinski definition) is 4.